The predicted octanol–water partition coefficient (Wildman–Crippen LogP) is 2.04. The molecule has 0 aliphatic rings. The van der Waals surface area contributed by atoms with Gasteiger partial charge in [0.2, 0.25) is 0 Å². The molecule has 0 saturated carbocycles. The van der Waals surface area contributed by atoms with Gasteiger partial charge in [0.25, 0.3) is 0 Å². The topological polar surface area (TPSA) is 48.4 Å². The Bertz CT molecular complexity index is 253. The zero-order valence-electron chi connectivity index (χ0n) is 7.10. The molecule has 4 nitrogen and oxygen atoms in total. The maximum atomic E-state index is 10.7. The van der Waals surface area contributed by atoms with Crippen LogP contribution in [0.1, 0.15) is 6.92 Å². The molecule has 0 amide bonds. The minimum absolute atomic E-state index is 0. The smallest absolute Gasteiger partial charge is 0.434 e. The molecule has 5 heteroatoms. The maximum absolute atomic E-state index is 10.7. The summed E-state index contributed by atoms with van der Waals surface area (Å²) in [5.74, 6) is 0.385. The Balaban J connectivity index is 0.00000144. The summed E-state index contributed by atoms with van der Waals surface area (Å²) in [4.78, 5) is 14.5. The molecule has 13 heavy (non-hydrogen) atoms. The van der Waals surface area contributed by atoms with Crippen molar-refractivity contribution in [3.05, 3.63) is 24.5 Å². The number of hydrogen-bond donors (Lipinski definition) is 0. The van der Waals surface area contributed by atoms with Crippen LogP contribution in [0, 0.1) is 0 Å². The molecule has 0 spiro atoms. The molecule has 0 unspecified atom stereocenters. The lowest BCUT2D eigenvalue weighted by atomic mass is 10.5. The highest BCUT2D eigenvalue weighted by molar-refractivity contribution is 5.85. The third-order valence-corrected chi connectivity index (χ3v) is 1.10. The van der Waals surface area contributed by atoms with Gasteiger partial charge in [-0.05, 0) is 19.1 Å². The van der Waals surface area contributed by atoms with Crippen molar-refractivity contribution < 1.29 is 14.3 Å². The predicted molar refractivity (Wildman–Crippen MR) is 49.1 cm³/mol. The first-order valence-electron chi connectivity index (χ1n) is 3.57. The number of aromatic nitrogens is 1. The molecule has 1 heterocycles. The van der Waals surface area contributed by atoms with Crippen molar-refractivity contribution in [2.75, 3.05) is 6.61 Å². The first-order chi connectivity index (χ1) is 5.83. The van der Waals surface area contributed by atoms with E-state index in [-0.39, 0.29) is 12.4 Å². The first-order valence-corrected chi connectivity index (χ1v) is 3.57. The van der Waals surface area contributed by atoms with Crippen LogP contribution in [0.15, 0.2) is 24.5 Å². The Labute approximate surface area is 82.3 Å². The summed E-state index contributed by atoms with van der Waals surface area (Å²) in [6.07, 6.45) is 2.33. The summed E-state index contributed by atoms with van der Waals surface area (Å²) >= 11 is 0. The number of nitrogens with zero attached hydrogens (tertiary/aromatic N) is 1. The molecule has 1 aromatic heterocycles. The molecule has 0 aliphatic carbocycles. The van der Waals surface area contributed by atoms with Crippen LogP contribution in [-0.4, -0.2) is 17.7 Å². The number of halogens is 1. The van der Waals surface area contributed by atoms with Gasteiger partial charge in [0.1, 0.15) is 0 Å². The molecule has 0 saturated heterocycles. The van der Waals surface area contributed by atoms with Crippen molar-refractivity contribution in [3.63, 3.8) is 0 Å². The Hall–Kier alpha value is -1.29. The van der Waals surface area contributed by atoms with E-state index in [0.29, 0.717) is 12.4 Å². The maximum Gasteiger partial charge on any atom is 0.513 e. The molecule has 0 radical (unpaired) electrons. The van der Waals surface area contributed by atoms with Gasteiger partial charge in [0, 0.05) is 6.20 Å². The fourth-order valence-corrected chi connectivity index (χ4v) is 0.651. The molecule has 0 bridgehead atoms. The van der Waals surface area contributed by atoms with E-state index >= 15 is 0 Å². The zero-order valence-corrected chi connectivity index (χ0v) is 7.91. The van der Waals surface area contributed by atoms with E-state index in [9.17, 15) is 4.79 Å². The summed E-state index contributed by atoms with van der Waals surface area (Å²) in [6.45, 7) is 2.02. The van der Waals surface area contributed by atoms with Gasteiger partial charge >= 0.3 is 6.16 Å². The minimum Gasteiger partial charge on any atom is -0.434 e. The van der Waals surface area contributed by atoms with Crippen molar-refractivity contribution in [2.24, 2.45) is 0 Å². The van der Waals surface area contributed by atoms with Gasteiger partial charge in [0.15, 0.2) is 5.75 Å². The Morgan fingerprint density at radius 3 is 2.92 bits per heavy atom. The van der Waals surface area contributed by atoms with E-state index < -0.39 is 6.16 Å². The lowest BCUT2D eigenvalue weighted by molar-refractivity contribution is 0.104. The van der Waals surface area contributed by atoms with Gasteiger partial charge in [-0.1, -0.05) is 0 Å². The third kappa shape index (κ3) is 4.32. The van der Waals surface area contributed by atoms with Crippen LogP contribution in [0.5, 0.6) is 5.75 Å². The van der Waals surface area contributed by atoms with E-state index in [1.165, 1.54) is 6.20 Å². The molecular weight excluding hydrogens is 194 g/mol. The second-order valence-corrected chi connectivity index (χ2v) is 1.97. The minimum atomic E-state index is -0.703. The van der Waals surface area contributed by atoms with E-state index in [1.807, 2.05) is 0 Å². The van der Waals surface area contributed by atoms with Crippen LogP contribution in [0.3, 0.4) is 0 Å². The van der Waals surface area contributed by atoms with Crippen LogP contribution in [-0.2, 0) is 4.74 Å². The Kier molecular flexibility index (Phi) is 5.63. The van der Waals surface area contributed by atoms with Crippen LogP contribution in [0.2, 0.25) is 0 Å². The lowest BCUT2D eigenvalue weighted by Gasteiger charge is -2.01. The van der Waals surface area contributed by atoms with E-state index in [2.05, 4.69) is 9.72 Å². The molecule has 1 rings (SSSR count). The number of rotatable bonds is 2. The van der Waals surface area contributed by atoms with Crippen molar-refractivity contribution >= 4 is 18.6 Å². The van der Waals surface area contributed by atoms with Crippen molar-refractivity contribution in [2.45, 2.75) is 6.92 Å². The van der Waals surface area contributed by atoms with Gasteiger partial charge in [0.05, 0.1) is 12.8 Å². The molecule has 72 valence electrons. The molecule has 0 aliphatic heterocycles. The summed E-state index contributed by atoms with van der Waals surface area (Å²) in [6, 6.07) is 3.30. The van der Waals surface area contributed by atoms with Crippen LogP contribution in [0.25, 0.3) is 0 Å². The number of carbonyl (C=O) groups excluding carboxylic acids is 1. The summed E-state index contributed by atoms with van der Waals surface area (Å²) in [7, 11) is 0. The average molecular weight is 204 g/mol. The fraction of sp³-hybridized carbons (Fsp3) is 0.250. The van der Waals surface area contributed by atoms with E-state index in [1.54, 1.807) is 25.3 Å². The second-order valence-electron chi connectivity index (χ2n) is 1.97. The zero-order chi connectivity index (χ0) is 8.81. The van der Waals surface area contributed by atoms with E-state index in [0.717, 1.165) is 0 Å². The third-order valence-electron chi connectivity index (χ3n) is 1.10. The fourth-order valence-electron chi connectivity index (χ4n) is 0.651. The highest BCUT2D eigenvalue weighted by Crippen LogP contribution is 2.06. The van der Waals surface area contributed by atoms with Gasteiger partial charge in [-0.15, -0.1) is 12.4 Å². The molecule has 0 aromatic carbocycles. The largest absolute Gasteiger partial charge is 0.513 e. The Morgan fingerprint density at radius 2 is 2.38 bits per heavy atom. The standard InChI is InChI=1S/C8H9NO3.ClH/c1-2-11-8(10)12-7-4-3-5-9-6-7;/h3-6H,2H2,1H3;1H. The molecule has 0 atom stereocenters. The number of hydrogen-bond acceptors (Lipinski definition) is 4. The highest BCUT2D eigenvalue weighted by atomic mass is 35.5. The second kappa shape index (κ2) is 6.25. The van der Waals surface area contributed by atoms with Crippen molar-refractivity contribution in [1.82, 2.24) is 4.98 Å². The van der Waals surface area contributed by atoms with Gasteiger partial charge in [-0.2, -0.15) is 0 Å². The normalized spacial score (nSPS) is 8.38. The summed E-state index contributed by atoms with van der Waals surface area (Å²) in [5.41, 5.74) is 0. The number of ether oxygens (including phenoxy) is 2. The average Bonchev–Trinajstić information content (AvgIpc) is 2.06. The number of carbonyl (C=O) groups is 1. The van der Waals surface area contributed by atoms with Gasteiger partial charge in [-0.25, -0.2) is 4.79 Å². The first kappa shape index (κ1) is 11.7. The summed E-state index contributed by atoms with van der Waals surface area (Å²) in [5, 5.41) is 0. The highest BCUT2D eigenvalue weighted by Gasteiger charge is 2.02. The van der Waals surface area contributed by atoms with Gasteiger partial charge < -0.3 is 9.47 Å². The number of pyridine rings is 1. The molecule has 1 aromatic rings. The van der Waals surface area contributed by atoms with Gasteiger partial charge in [-0.3, -0.25) is 4.98 Å². The molecule has 0 N–H and O–H groups in total. The van der Waals surface area contributed by atoms with Crippen molar-refractivity contribution in [3.8, 4) is 5.75 Å². The Morgan fingerprint density at radius 1 is 1.62 bits per heavy atom. The quantitative estimate of drug-likeness (QED) is 0.691. The lowest BCUT2D eigenvalue weighted by Crippen LogP contribution is -2.09. The molecule has 0 fully saturated rings. The molecular formula is C8H10ClNO3. The van der Waals surface area contributed by atoms with Crippen LogP contribution >= 0.6 is 12.4 Å². The van der Waals surface area contributed by atoms with Crippen molar-refractivity contribution in [1.29, 1.82) is 0 Å². The van der Waals surface area contributed by atoms with E-state index in [4.69, 9.17) is 4.74 Å². The van der Waals surface area contributed by atoms with Crippen LogP contribution in [0.4, 0.5) is 4.79 Å². The monoisotopic (exact) mass is 203 g/mol. The van der Waals surface area contributed by atoms with Crippen LogP contribution < -0.4 is 4.74 Å². The summed E-state index contributed by atoms with van der Waals surface area (Å²) < 4.78 is 9.29. The SMILES string of the molecule is CCOC(=O)Oc1cccnc1.Cl.